The molecule has 0 aromatic heterocycles. The number of rotatable bonds is 3. The molecule has 2 rings (SSSR count). The number of hydrogen-bond donors (Lipinski definition) is 1. The highest BCUT2D eigenvalue weighted by molar-refractivity contribution is 6.33. The van der Waals surface area contributed by atoms with E-state index in [1.165, 1.54) is 18.2 Å². The van der Waals surface area contributed by atoms with Crippen molar-refractivity contribution in [1.82, 2.24) is 0 Å². The Morgan fingerprint density at radius 2 is 1.95 bits per heavy atom. The smallest absolute Gasteiger partial charge is 0.287 e. The van der Waals surface area contributed by atoms with E-state index in [2.05, 4.69) is 5.32 Å². The zero-order valence-corrected chi connectivity index (χ0v) is 11.3. The van der Waals surface area contributed by atoms with Gasteiger partial charge >= 0.3 is 0 Å². The topological polar surface area (TPSA) is 72.2 Å². The third kappa shape index (κ3) is 2.95. The van der Waals surface area contributed by atoms with E-state index in [1.54, 1.807) is 6.07 Å². The third-order valence-corrected chi connectivity index (χ3v) is 3.10. The lowest BCUT2D eigenvalue weighted by atomic mass is 10.1. The molecule has 0 bridgehead atoms. The largest absolute Gasteiger partial charge is 0.322 e. The van der Waals surface area contributed by atoms with Gasteiger partial charge in [0.1, 0.15) is 5.02 Å². The Balaban J connectivity index is 2.24. The first-order valence-electron chi connectivity index (χ1n) is 5.80. The van der Waals surface area contributed by atoms with Crippen molar-refractivity contribution >= 4 is 28.9 Å². The average Bonchev–Trinajstić information content (AvgIpc) is 2.40. The van der Waals surface area contributed by atoms with Crippen molar-refractivity contribution in [2.45, 2.75) is 6.92 Å². The first kappa shape index (κ1) is 14.0. The van der Waals surface area contributed by atoms with Crippen molar-refractivity contribution in [3.05, 3.63) is 68.7 Å². The van der Waals surface area contributed by atoms with Gasteiger partial charge in [-0.3, -0.25) is 14.9 Å². The van der Waals surface area contributed by atoms with E-state index in [-0.39, 0.29) is 22.2 Å². The number of nitro benzene ring substituents is 1. The minimum absolute atomic E-state index is 0.0626. The summed E-state index contributed by atoms with van der Waals surface area (Å²) in [6.45, 7) is 1.87. The molecule has 1 amide bonds. The number of hydrogen-bond acceptors (Lipinski definition) is 3. The van der Waals surface area contributed by atoms with Gasteiger partial charge in [-0.1, -0.05) is 29.8 Å². The van der Waals surface area contributed by atoms with Crippen LogP contribution >= 0.6 is 11.6 Å². The minimum Gasteiger partial charge on any atom is -0.322 e. The number of carbonyl (C=O) groups is 1. The Hall–Kier alpha value is -2.40. The SMILES string of the molecule is Cc1ccccc1NC(=O)c1ccc([N+](=O)[O-])c(Cl)c1. The number of aryl methyl sites for hydroxylation is 1. The molecule has 0 saturated carbocycles. The van der Waals surface area contributed by atoms with Gasteiger partial charge in [-0.15, -0.1) is 0 Å². The maximum Gasteiger partial charge on any atom is 0.287 e. The van der Waals surface area contributed by atoms with Gasteiger partial charge in [0.2, 0.25) is 0 Å². The first-order chi connectivity index (χ1) is 9.49. The molecule has 5 nitrogen and oxygen atoms in total. The second-order valence-corrected chi connectivity index (χ2v) is 4.60. The number of halogens is 1. The van der Waals surface area contributed by atoms with Crippen molar-refractivity contribution in [3.63, 3.8) is 0 Å². The fourth-order valence-corrected chi connectivity index (χ4v) is 1.95. The Kier molecular flexibility index (Phi) is 4.00. The number of carbonyl (C=O) groups excluding carboxylic acids is 1. The molecule has 0 aliphatic carbocycles. The molecule has 0 radical (unpaired) electrons. The van der Waals surface area contributed by atoms with E-state index in [0.29, 0.717) is 5.69 Å². The van der Waals surface area contributed by atoms with Crippen LogP contribution in [0, 0.1) is 17.0 Å². The highest BCUT2D eigenvalue weighted by atomic mass is 35.5. The molecule has 0 aliphatic rings. The molecule has 102 valence electrons. The van der Waals surface area contributed by atoms with E-state index >= 15 is 0 Å². The summed E-state index contributed by atoms with van der Waals surface area (Å²) in [5, 5.41) is 13.3. The molecule has 0 saturated heterocycles. The summed E-state index contributed by atoms with van der Waals surface area (Å²) in [5.41, 5.74) is 1.66. The fraction of sp³-hybridized carbons (Fsp3) is 0.0714. The van der Waals surface area contributed by atoms with Gasteiger partial charge in [-0.2, -0.15) is 0 Å². The number of anilines is 1. The van der Waals surface area contributed by atoms with Gasteiger partial charge in [0, 0.05) is 17.3 Å². The maximum absolute atomic E-state index is 12.1. The van der Waals surface area contributed by atoms with Crippen LogP contribution in [0.3, 0.4) is 0 Å². The normalized spacial score (nSPS) is 10.1. The molecule has 0 spiro atoms. The van der Waals surface area contributed by atoms with Crippen LogP contribution < -0.4 is 5.32 Å². The van der Waals surface area contributed by atoms with Gasteiger partial charge in [-0.05, 0) is 30.7 Å². The van der Waals surface area contributed by atoms with Crippen molar-refractivity contribution in [2.75, 3.05) is 5.32 Å². The molecule has 0 fully saturated rings. The minimum atomic E-state index is -0.592. The molecule has 0 heterocycles. The summed E-state index contributed by atoms with van der Waals surface area (Å²) in [6, 6.07) is 11.2. The number of nitro groups is 1. The maximum atomic E-state index is 12.1. The summed E-state index contributed by atoms with van der Waals surface area (Å²) in [6.07, 6.45) is 0. The Bertz CT molecular complexity index is 686. The summed E-state index contributed by atoms with van der Waals surface area (Å²) in [4.78, 5) is 22.1. The van der Waals surface area contributed by atoms with Crippen LogP contribution in [0.25, 0.3) is 0 Å². The lowest BCUT2D eigenvalue weighted by Crippen LogP contribution is -2.12. The van der Waals surface area contributed by atoms with Gasteiger partial charge in [0.25, 0.3) is 11.6 Å². The van der Waals surface area contributed by atoms with Crippen molar-refractivity contribution in [2.24, 2.45) is 0 Å². The highest BCUT2D eigenvalue weighted by Gasteiger charge is 2.15. The van der Waals surface area contributed by atoms with Gasteiger partial charge in [0.05, 0.1) is 4.92 Å². The van der Waals surface area contributed by atoms with E-state index < -0.39 is 4.92 Å². The molecule has 1 N–H and O–H groups in total. The van der Waals surface area contributed by atoms with Gasteiger partial charge in [0.15, 0.2) is 0 Å². The second-order valence-electron chi connectivity index (χ2n) is 4.19. The average molecular weight is 291 g/mol. The van der Waals surface area contributed by atoms with Crippen molar-refractivity contribution < 1.29 is 9.72 Å². The predicted molar refractivity (Wildman–Crippen MR) is 77.2 cm³/mol. The zero-order chi connectivity index (χ0) is 14.7. The molecule has 2 aromatic rings. The molecule has 2 aromatic carbocycles. The van der Waals surface area contributed by atoms with Crippen molar-refractivity contribution in [1.29, 1.82) is 0 Å². The number of nitrogens with one attached hydrogen (secondary N) is 1. The quantitative estimate of drug-likeness (QED) is 0.690. The fourth-order valence-electron chi connectivity index (χ4n) is 1.70. The molecule has 0 aliphatic heterocycles. The number of benzene rings is 2. The second kappa shape index (κ2) is 5.71. The number of para-hydroxylation sites is 1. The van der Waals surface area contributed by atoms with Crippen LogP contribution in [-0.4, -0.2) is 10.8 Å². The summed E-state index contributed by atoms with van der Waals surface area (Å²) >= 11 is 5.78. The number of nitrogens with zero attached hydrogens (tertiary/aromatic N) is 1. The lowest BCUT2D eigenvalue weighted by Gasteiger charge is -2.08. The lowest BCUT2D eigenvalue weighted by molar-refractivity contribution is -0.384. The Morgan fingerprint density at radius 1 is 1.25 bits per heavy atom. The van der Waals surface area contributed by atoms with Crippen molar-refractivity contribution in [3.8, 4) is 0 Å². The van der Waals surface area contributed by atoms with E-state index in [9.17, 15) is 14.9 Å². The molecule has 20 heavy (non-hydrogen) atoms. The molecule has 6 heteroatoms. The monoisotopic (exact) mass is 290 g/mol. The van der Waals surface area contributed by atoms with Crippen LogP contribution in [0.5, 0.6) is 0 Å². The molecule has 0 unspecified atom stereocenters. The van der Waals surface area contributed by atoms with E-state index in [1.807, 2.05) is 25.1 Å². The summed E-state index contributed by atoms with van der Waals surface area (Å²) in [5.74, 6) is -0.365. The number of amides is 1. The summed E-state index contributed by atoms with van der Waals surface area (Å²) in [7, 11) is 0. The molecule has 0 atom stereocenters. The van der Waals surface area contributed by atoms with Crippen LogP contribution in [0.15, 0.2) is 42.5 Å². The highest BCUT2D eigenvalue weighted by Crippen LogP contribution is 2.25. The zero-order valence-electron chi connectivity index (χ0n) is 10.6. The van der Waals surface area contributed by atoms with Gasteiger partial charge in [-0.25, -0.2) is 0 Å². The van der Waals surface area contributed by atoms with E-state index in [4.69, 9.17) is 11.6 Å². The van der Waals surface area contributed by atoms with Gasteiger partial charge < -0.3 is 5.32 Å². The van der Waals surface area contributed by atoms with Crippen LogP contribution in [0.4, 0.5) is 11.4 Å². The van der Waals surface area contributed by atoms with Crippen LogP contribution in [0.2, 0.25) is 5.02 Å². The predicted octanol–water partition coefficient (Wildman–Crippen LogP) is 3.81. The Morgan fingerprint density at radius 3 is 2.55 bits per heavy atom. The molecular formula is C14H11ClN2O3. The first-order valence-corrected chi connectivity index (χ1v) is 6.18. The summed E-state index contributed by atoms with van der Waals surface area (Å²) < 4.78 is 0. The van der Waals surface area contributed by atoms with Crippen LogP contribution in [-0.2, 0) is 0 Å². The Labute approximate surface area is 120 Å². The van der Waals surface area contributed by atoms with E-state index in [0.717, 1.165) is 5.56 Å². The standard InChI is InChI=1S/C14H11ClN2O3/c1-9-4-2-3-5-12(9)16-14(18)10-6-7-13(17(19)20)11(15)8-10/h2-8H,1H3,(H,16,18). The van der Waals surface area contributed by atoms with Crippen LogP contribution in [0.1, 0.15) is 15.9 Å². The molecular weight excluding hydrogens is 280 g/mol. The third-order valence-electron chi connectivity index (χ3n) is 2.80.